The summed E-state index contributed by atoms with van der Waals surface area (Å²) in [5, 5.41) is 40.2. The molecule has 4 N–H and O–H groups in total. The topological polar surface area (TPSA) is 80.9 Å². The Morgan fingerprint density at radius 1 is 0.667 bits per heavy atom. The van der Waals surface area contributed by atoms with Crippen LogP contribution in [0.15, 0.2) is 48.5 Å². The molecule has 0 fully saturated rings. The summed E-state index contributed by atoms with van der Waals surface area (Å²) in [6, 6.07) is 15.4. The second-order valence-electron chi connectivity index (χ2n) is 5.76. The molecule has 0 atom stereocenters. The molecule has 0 unspecified atom stereocenters. The zero-order chi connectivity index (χ0) is 17.4. The van der Waals surface area contributed by atoms with E-state index in [0.29, 0.717) is 16.6 Å². The molecule has 0 bridgehead atoms. The van der Waals surface area contributed by atoms with E-state index in [9.17, 15) is 20.4 Å². The first kappa shape index (κ1) is 15.8. The Kier molecular flexibility index (Phi) is 3.85. The van der Waals surface area contributed by atoms with E-state index < -0.39 is 23.0 Å². The van der Waals surface area contributed by atoms with Gasteiger partial charge in [-0.1, -0.05) is 48.5 Å². The summed E-state index contributed by atoms with van der Waals surface area (Å²) in [5.41, 5.74) is 3.98. The average molecular weight is 320 g/mol. The van der Waals surface area contributed by atoms with Crippen molar-refractivity contribution in [3.05, 3.63) is 54.1 Å². The molecular weight excluding hydrogens is 303 g/mol. The van der Waals surface area contributed by atoms with Crippen LogP contribution < -0.4 is 5.46 Å². The number of phenolic OH excluding ortho intramolecular Hbond substituents is 4. The van der Waals surface area contributed by atoms with Crippen LogP contribution in [0.3, 0.4) is 0 Å². The molecule has 0 amide bonds. The zero-order valence-corrected chi connectivity index (χ0v) is 13.4. The maximum Gasteiger partial charge on any atom is 0.204 e. The number of hydrogen-bond acceptors (Lipinski definition) is 4. The smallest absolute Gasteiger partial charge is 0.204 e. The van der Waals surface area contributed by atoms with Crippen molar-refractivity contribution in [3.8, 4) is 45.3 Å². The van der Waals surface area contributed by atoms with Crippen molar-refractivity contribution in [1.29, 1.82) is 0 Å². The SMILES string of the molecule is Bc1c(O)c(O)c(O)c(O)c1-c1c(C)cccc1-c1ccccc1. The van der Waals surface area contributed by atoms with Crippen LogP contribution in [-0.4, -0.2) is 28.3 Å². The Hall–Kier alpha value is -3.08. The van der Waals surface area contributed by atoms with Crippen molar-refractivity contribution < 1.29 is 20.4 Å². The lowest BCUT2D eigenvalue weighted by molar-refractivity contribution is 0.348. The third-order valence-corrected chi connectivity index (χ3v) is 4.25. The lowest BCUT2D eigenvalue weighted by atomic mass is 9.80. The minimum atomic E-state index is -0.727. The normalized spacial score (nSPS) is 10.7. The van der Waals surface area contributed by atoms with Crippen LogP contribution in [-0.2, 0) is 0 Å². The van der Waals surface area contributed by atoms with Gasteiger partial charge < -0.3 is 20.4 Å². The van der Waals surface area contributed by atoms with Gasteiger partial charge in [0.2, 0.25) is 11.5 Å². The van der Waals surface area contributed by atoms with Crippen molar-refractivity contribution in [2.45, 2.75) is 6.92 Å². The molecule has 0 aliphatic rings. The molecule has 0 saturated carbocycles. The summed E-state index contributed by atoms with van der Waals surface area (Å²) in [6.07, 6.45) is 0. The number of benzene rings is 3. The summed E-state index contributed by atoms with van der Waals surface area (Å²) in [6.45, 7) is 1.89. The molecule has 0 radical (unpaired) electrons. The highest BCUT2D eigenvalue weighted by Gasteiger charge is 2.24. The van der Waals surface area contributed by atoms with E-state index in [1.807, 2.05) is 55.5 Å². The quantitative estimate of drug-likeness (QED) is 0.332. The third-order valence-electron chi connectivity index (χ3n) is 4.25. The first-order valence-electron chi connectivity index (χ1n) is 7.55. The van der Waals surface area contributed by atoms with Crippen LogP contribution in [0.5, 0.6) is 23.0 Å². The predicted octanol–water partition coefficient (Wildman–Crippen LogP) is 2.41. The molecule has 0 aromatic heterocycles. The van der Waals surface area contributed by atoms with Crippen molar-refractivity contribution in [1.82, 2.24) is 0 Å². The zero-order valence-electron chi connectivity index (χ0n) is 13.4. The fourth-order valence-electron chi connectivity index (χ4n) is 2.98. The van der Waals surface area contributed by atoms with E-state index in [-0.39, 0.29) is 0 Å². The maximum absolute atomic E-state index is 10.4. The molecule has 0 saturated heterocycles. The molecule has 3 rings (SSSR count). The van der Waals surface area contributed by atoms with Gasteiger partial charge in [-0.25, -0.2) is 0 Å². The van der Waals surface area contributed by atoms with E-state index in [1.54, 1.807) is 7.85 Å². The van der Waals surface area contributed by atoms with Gasteiger partial charge in [-0.05, 0) is 34.6 Å². The second kappa shape index (κ2) is 5.85. The fourth-order valence-corrected chi connectivity index (χ4v) is 2.98. The average Bonchev–Trinajstić information content (AvgIpc) is 2.60. The lowest BCUT2D eigenvalue weighted by Gasteiger charge is -2.19. The number of aryl methyl sites for hydroxylation is 1. The summed E-state index contributed by atoms with van der Waals surface area (Å²) < 4.78 is 0. The Morgan fingerprint density at radius 3 is 1.96 bits per heavy atom. The van der Waals surface area contributed by atoms with Crippen LogP contribution in [0.1, 0.15) is 5.56 Å². The molecule has 0 aliphatic carbocycles. The molecular formula is C19H17BO4. The van der Waals surface area contributed by atoms with Crippen LogP contribution in [0, 0.1) is 6.92 Å². The molecule has 24 heavy (non-hydrogen) atoms. The molecule has 4 nitrogen and oxygen atoms in total. The van der Waals surface area contributed by atoms with Crippen LogP contribution in [0.25, 0.3) is 22.3 Å². The molecule has 5 heteroatoms. The maximum atomic E-state index is 10.4. The molecule has 3 aromatic carbocycles. The van der Waals surface area contributed by atoms with Gasteiger partial charge in [0.05, 0.1) is 0 Å². The minimum absolute atomic E-state index is 0.300. The van der Waals surface area contributed by atoms with Gasteiger partial charge in [0.15, 0.2) is 11.5 Å². The third kappa shape index (κ3) is 2.34. The van der Waals surface area contributed by atoms with Gasteiger partial charge in [-0.3, -0.25) is 0 Å². The summed E-state index contributed by atoms with van der Waals surface area (Å²) in [4.78, 5) is 0. The van der Waals surface area contributed by atoms with Gasteiger partial charge in [0.1, 0.15) is 7.85 Å². The van der Waals surface area contributed by atoms with E-state index >= 15 is 0 Å². The van der Waals surface area contributed by atoms with Crippen molar-refractivity contribution >= 4 is 13.3 Å². The van der Waals surface area contributed by atoms with Gasteiger partial charge in [-0.2, -0.15) is 0 Å². The minimum Gasteiger partial charge on any atom is -0.505 e. The first-order chi connectivity index (χ1) is 11.4. The van der Waals surface area contributed by atoms with Crippen molar-refractivity contribution in [2.24, 2.45) is 0 Å². The van der Waals surface area contributed by atoms with E-state index in [1.165, 1.54) is 0 Å². The molecule has 0 aliphatic heterocycles. The fraction of sp³-hybridized carbons (Fsp3) is 0.0526. The number of rotatable bonds is 2. The number of hydrogen-bond donors (Lipinski definition) is 4. The Morgan fingerprint density at radius 2 is 1.29 bits per heavy atom. The second-order valence-corrected chi connectivity index (χ2v) is 5.76. The van der Waals surface area contributed by atoms with Crippen LogP contribution in [0.2, 0.25) is 0 Å². The number of phenols is 4. The van der Waals surface area contributed by atoms with Gasteiger partial charge in [-0.15, -0.1) is 0 Å². The predicted molar refractivity (Wildman–Crippen MR) is 96.9 cm³/mol. The highest BCUT2D eigenvalue weighted by atomic mass is 16.3. The van der Waals surface area contributed by atoms with Crippen LogP contribution in [0.4, 0.5) is 0 Å². The molecule has 120 valence electrons. The highest BCUT2D eigenvalue weighted by Crippen LogP contribution is 2.48. The van der Waals surface area contributed by atoms with Crippen LogP contribution >= 0.6 is 0 Å². The summed E-state index contributed by atoms with van der Waals surface area (Å²) >= 11 is 0. The standard InChI is InChI=1S/C19H17BO4/c1-10-6-5-9-12(11-7-3-2-4-8-11)13(10)14-15(20)17(22)19(24)18(23)16(14)21/h2-9,21-24H,20H2,1H3. The van der Waals surface area contributed by atoms with E-state index in [0.717, 1.165) is 16.7 Å². The summed E-state index contributed by atoms with van der Waals surface area (Å²) in [7, 11) is 1.59. The van der Waals surface area contributed by atoms with Crippen molar-refractivity contribution in [2.75, 3.05) is 0 Å². The van der Waals surface area contributed by atoms with E-state index in [4.69, 9.17) is 0 Å². The van der Waals surface area contributed by atoms with Crippen molar-refractivity contribution in [3.63, 3.8) is 0 Å². The summed E-state index contributed by atoms with van der Waals surface area (Å²) in [5.74, 6) is -2.34. The van der Waals surface area contributed by atoms with E-state index in [2.05, 4.69) is 0 Å². The Balaban J connectivity index is 2.41. The number of aromatic hydroxyl groups is 4. The lowest BCUT2D eigenvalue weighted by Crippen LogP contribution is -2.09. The van der Waals surface area contributed by atoms with Gasteiger partial charge in [0, 0.05) is 5.56 Å². The molecule has 3 aromatic rings. The highest BCUT2D eigenvalue weighted by molar-refractivity contribution is 6.39. The van der Waals surface area contributed by atoms with Gasteiger partial charge >= 0.3 is 0 Å². The molecule has 0 heterocycles. The Labute approximate surface area is 140 Å². The first-order valence-corrected chi connectivity index (χ1v) is 7.55. The monoisotopic (exact) mass is 320 g/mol. The van der Waals surface area contributed by atoms with Gasteiger partial charge in [0.25, 0.3) is 0 Å². The largest absolute Gasteiger partial charge is 0.505 e. The Bertz CT molecular complexity index is 891. The molecule has 0 spiro atoms.